The Bertz CT molecular complexity index is 262. The summed E-state index contributed by atoms with van der Waals surface area (Å²) in [5, 5.41) is 8.34. The van der Waals surface area contributed by atoms with E-state index in [0.717, 1.165) is 5.56 Å². The maximum atomic E-state index is 8.34. The molecule has 0 unspecified atom stereocenters. The van der Waals surface area contributed by atoms with Crippen LogP contribution in [0.5, 0.6) is 0 Å². The minimum Gasteiger partial charge on any atom is -0.398 e. The van der Waals surface area contributed by atoms with Crippen LogP contribution in [0.25, 0.3) is 0 Å². The molecule has 1 rings (SSSR count). The van der Waals surface area contributed by atoms with Gasteiger partial charge in [0.15, 0.2) is 0 Å². The van der Waals surface area contributed by atoms with E-state index in [2.05, 4.69) is 0 Å². The van der Waals surface area contributed by atoms with Gasteiger partial charge < -0.3 is 11.9 Å². The normalized spacial score (nSPS) is 7.91. The molecule has 5 N–H and O–H groups in total. The molecule has 0 bridgehead atoms. The fraction of sp³-hybridized carbons (Fsp3) is 0.125. The number of benzene rings is 1. The zero-order chi connectivity index (χ0) is 7.40. The predicted molar refractivity (Wildman–Crippen MR) is 45.2 cm³/mol. The first-order valence-electron chi connectivity index (χ1n) is 3.05. The number of hydrogen-bond acceptors (Lipinski definition) is 3. The average Bonchev–Trinajstić information content (AvgIpc) is 1.94. The Kier molecular flexibility index (Phi) is 3.71. The van der Waals surface area contributed by atoms with Gasteiger partial charge in [0.05, 0.1) is 12.5 Å². The average molecular weight is 149 g/mol. The van der Waals surface area contributed by atoms with Crippen molar-refractivity contribution in [2.24, 2.45) is 0 Å². The fourth-order valence-corrected chi connectivity index (χ4v) is 0.780. The molecule has 11 heavy (non-hydrogen) atoms. The lowest BCUT2D eigenvalue weighted by atomic mass is 10.1. The van der Waals surface area contributed by atoms with Gasteiger partial charge in [-0.05, 0) is 11.6 Å². The predicted octanol–water partition coefficient (Wildman–Crippen LogP) is 1.50. The van der Waals surface area contributed by atoms with Crippen molar-refractivity contribution in [3.8, 4) is 6.07 Å². The molecule has 0 aliphatic heterocycles. The van der Waals surface area contributed by atoms with Crippen LogP contribution in [0.4, 0.5) is 5.69 Å². The molecule has 0 saturated carbocycles. The molecular weight excluding hydrogens is 138 g/mol. The zero-order valence-electron chi connectivity index (χ0n) is 6.25. The van der Waals surface area contributed by atoms with E-state index in [0.29, 0.717) is 12.1 Å². The van der Waals surface area contributed by atoms with Gasteiger partial charge in [0.25, 0.3) is 0 Å². The van der Waals surface area contributed by atoms with Gasteiger partial charge in [-0.3, -0.25) is 0 Å². The molecule has 0 aliphatic carbocycles. The van der Waals surface area contributed by atoms with Crippen LogP contribution in [-0.2, 0) is 6.42 Å². The number of para-hydroxylation sites is 1. The van der Waals surface area contributed by atoms with Crippen LogP contribution in [0.15, 0.2) is 24.3 Å². The fourth-order valence-electron chi connectivity index (χ4n) is 0.780. The van der Waals surface area contributed by atoms with Gasteiger partial charge in [-0.25, -0.2) is 0 Å². The minimum absolute atomic E-state index is 0. The summed E-state index contributed by atoms with van der Waals surface area (Å²) in [5.74, 6) is 0. The molecule has 0 heterocycles. The van der Waals surface area contributed by atoms with E-state index < -0.39 is 0 Å². The zero-order valence-corrected chi connectivity index (χ0v) is 6.25. The second-order valence-electron chi connectivity index (χ2n) is 2.03. The van der Waals surface area contributed by atoms with Crippen LogP contribution >= 0.6 is 0 Å². The number of nitriles is 1. The van der Waals surface area contributed by atoms with Crippen molar-refractivity contribution in [1.29, 1.82) is 5.26 Å². The summed E-state index contributed by atoms with van der Waals surface area (Å²) in [6.45, 7) is 0. The number of nitrogens with zero attached hydrogens (tertiary/aromatic N) is 1. The molecule has 1 aromatic rings. The number of anilines is 1. The summed E-state index contributed by atoms with van der Waals surface area (Å²) in [6.07, 6.45) is 0.396. The van der Waals surface area contributed by atoms with Crippen molar-refractivity contribution in [2.75, 3.05) is 5.73 Å². The van der Waals surface area contributed by atoms with Gasteiger partial charge in [-0.2, -0.15) is 5.26 Å². The molecule has 0 atom stereocenters. The highest BCUT2D eigenvalue weighted by molar-refractivity contribution is 5.47. The van der Waals surface area contributed by atoms with Gasteiger partial charge in [-0.15, -0.1) is 0 Å². The quantitative estimate of drug-likeness (QED) is 0.593. The van der Waals surface area contributed by atoms with Crippen LogP contribution in [-0.4, -0.2) is 0 Å². The van der Waals surface area contributed by atoms with E-state index in [1.54, 1.807) is 6.07 Å². The Morgan fingerprint density at radius 2 is 2.00 bits per heavy atom. The molecule has 0 spiro atoms. The second-order valence-corrected chi connectivity index (χ2v) is 2.03. The Hall–Kier alpha value is -1.53. The van der Waals surface area contributed by atoms with Crippen LogP contribution in [0.3, 0.4) is 0 Å². The third-order valence-electron chi connectivity index (χ3n) is 1.32. The van der Waals surface area contributed by atoms with Crippen molar-refractivity contribution in [3.63, 3.8) is 0 Å². The molecule has 1 aromatic carbocycles. The lowest BCUT2D eigenvalue weighted by Crippen LogP contribution is -1.91. The van der Waals surface area contributed by atoms with Crippen molar-refractivity contribution in [1.82, 2.24) is 6.15 Å². The summed E-state index contributed by atoms with van der Waals surface area (Å²) in [4.78, 5) is 0. The third-order valence-corrected chi connectivity index (χ3v) is 1.32. The maximum absolute atomic E-state index is 8.34. The summed E-state index contributed by atoms with van der Waals surface area (Å²) < 4.78 is 0. The third kappa shape index (κ3) is 2.28. The molecule has 58 valence electrons. The Morgan fingerprint density at radius 1 is 1.36 bits per heavy atom. The molecule has 0 fully saturated rings. The van der Waals surface area contributed by atoms with Crippen molar-refractivity contribution >= 4 is 5.69 Å². The second kappa shape index (κ2) is 4.31. The highest BCUT2D eigenvalue weighted by Crippen LogP contribution is 2.09. The summed E-state index contributed by atoms with van der Waals surface area (Å²) in [5.41, 5.74) is 7.16. The number of nitrogen functional groups attached to an aromatic ring is 1. The van der Waals surface area contributed by atoms with Crippen LogP contribution in [0, 0.1) is 11.3 Å². The molecule has 0 saturated heterocycles. The largest absolute Gasteiger partial charge is 0.398 e. The van der Waals surface area contributed by atoms with E-state index in [-0.39, 0.29) is 6.15 Å². The van der Waals surface area contributed by atoms with E-state index in [1.807, 2.05) is 24.3 Å². The van der Waals surface area contributed by atoms with Crippen molar-refractivity contribution in [3.05, 3.63) is 29.8 Å². The van der Waals surface area contributed by atoms with E-state index in [4.69, 9.17) is 11.0 Å². The number of rotatable bonds is 1. The van der Waals surface area contributed by atoms with Crippen LogP contribution in [0.2, 0.25) is 0 Å². The van der Waals surface area contributed by atoms with E-state index >= 15 is 0 Å². The number of hydrogen-bond donors (Lipinski definition) is 2. The summed E-state index contributed by atoms with van der Waals surface area (Å²) in [7, 11) is 0. The first-order chi connectivity index (χ1) is 4.84. The molecule has 0 aliphatic rings. The van der Waals surface area contributed by atoms with E-state index in [1.165, 1.54) is 0 Å². The van der Waals surface area contributed by atoms with E-state index in [9.17, 15) is 0 Å². The Morgan fingerprint density at radius 3 is 2.55 bits per heavy atom. The minimum atomic E-state index is 0. The SMILES string of the molecule is N.N#CCc1ccccc1N. The van der Waals surface area contributed by atoms with Gasteiger partial charge in [-0.1, -0.05) is 18.2 Å². The molecule has 3 nitrogen and oxygen atoms in total. The Balaban J connectivity index is 0.000001000. The lowest BCUT2D eigenvalue weighted by molar-refractivity contribution is 1.27. The van der Waals surface area contributed by atoms with Crippen molar-refractivity contribution in [2.45, 2.75) is 6.42 Å². The molecule has 0 amide bonds. The van der Waals surface area contributed by atoms with Crippen molar-refractivity contribution < 1.29 is 0 Å². The Labute approximate surface area is 66.0 Å². The van der Waals surface area contributed by atoms with Gasteiger partial charge in [0.2, 0.25) is 0 Å². The summed E-state index contributed by atoms with van der Waals surface area (Å²) in [6, 6.07) is 9.44. The first kappa shape index (κ1) is 9.47. The summed E-state index contributed by atoms with van der Waals surface area (Å²) >= 11 is 0. The monoisotopic (exact) mass is 149 g/mol. The van der Waals surface area contributed by atoms with Gasteiger partial charge >= 0.3 is 0 Å². The van der Waals surface area contributed by atoms with Gasteiger partial charge in [0, 0.05) is 5.69 Å². The lowest BCUT2D eigenvalue weighted by Gasteiger charge is -1.97. The van der Waals surface area contributed by atoms with Crippen LogP contribution < -0.4 is 11.9 Å². The standard InChI is InChI=1S/C8H8N2.H3N/c9-6-5-7-3-1-2-4-8(7)10;/h1-4H,5,10H2;1H3. The topological polar surface area (TPSA) is 84.8 Å². The van der Waals surface area contributed by atoms with Gasteiger partial charge in [0.1, 0.15) is 0 Å². The molecule has 3 heteroatoms. The maximum Gasteiger partial charge on any atom is 0.0670 e. The highest BCUT2D eigenvalue weighted by Gasteiger charge is 1.93. The molecular formula is C8H11N3. The molecule has 0 aromatic heterocycles. The first-order valence-corrected chi connectivity index (χ1v) is 3.05. The highest BCUT2D eigenvalue weighted by atomic mass is 14.6. The molecule has 0 radical (unpaired) electrons. The smallest absolute Gasteiger partial charge is 0.0670 e. The van der Waals surface area contributed by atoms with Crippen LogP contribution in [0.1, 0.15) is 5.56 Å². The number of nitrogens with two attached hydrogens (primary N) is 1.